The number of nitrogens with one attached hydrogen (secondary N) is 1. The Balaban J connectivity index is 1.39. The van der Waals surface area contributed by atoms with Gasteiger partial charge in [0.05, 0.1) is 35.8 Å². The van der Waals surface area contributed by atoms with Crippen molar-refractivity contribution in [1.82, 2.24) is 19.2 Å². The molecule has 5 aromatic rings. The number of anilines is 1. The van der Waals surface area contributed by atoms with Gasteiger partial charge in [0.25, 0.3) is 10.0 Å². The van der Waals surface area contributed by atoms with E-state index in [-0.39, 0.29) is 23.4 Å². The van der Waals surface area contributed by atoms with Gasteiger partial charge < -0.3 is 15.2 Å². The van der Waals surface area contributed by atoms with Crippen LogP contribution in [0.15, 0.2) is 78.0 Å². The SMILES string of the molecule is COc1cnc2c(c1)c(CCC(=O)O)nn2S(=O)(=O)c1ccc(CNc2ccc3ncccc3c2)cc1. The number of carboxylic acid groups (broad SMARTS) is 1. The lowest BCUT2D eigenvalue weighted by Crippen LogP contribution is -2.15. The van der Waals surface area contributed by atoms with E-state index in [1.807, 2.05) is 30.3 Å². The van der Waals surface area contributed by atoms with Crippen LogP contribution in [0, 0.1) is 0 Å². The Kier molecular flexibility index (Phi) is 6.45. The van der Waals surface area contributed by atoms with Crippen molar-refractivity contribution in [1.29, 1.82) is 0 Å². The van der Waals surface area contributed by atoms with E-state index in [0.29, 0.717) is 23.4 Å². The summed E-state index contributed by atoms with van der Waals surface area (Å²) >= 11 is 0. The van der Waals surface area contributed by atoms with Gasteiger partial charge in [-0.15, -0.1) is 4.09 Å². The minimum absolute atomic E-state index is 0.0415. The van der Waals surface area contributed by atoms with Gasteiger partial charge in [-0.25, -0.2) is 4.98 Å². The quantitative estimate of drug-likeness (QED) is 0.299. The first kappa shape index (κ1) is 24.2. The average Bonchev–Trinajstić information content (AvgIpc) is 3.29. The highest BCUT2D eigenvalue weighted by Gasteiger charge is 2.24. The van der Waals surface area contributed by atoms with Crippen molar-refractivity contribution in [3.63, 3.8) is 0 Å². The molecule has 0 aliphatic carbocycles. The Bertz CT molecular complexity index is 1720. The van der Waals surface area contributed by atoms with Gasteiger partial charge in [-0.1, -0.05) is 18.2 Å². The van der Waals surface area contributed by atoms with Crippen LogP contribution in [0.5, 0.6) is 5.75 Å². The van der Waals surface area contributed by atoms with Gasteiger partial charge >= 0.3 is 5.97 Å². The van der Waals surface area contributed by atoms with Gasteiger partial charge in [-0.05, 0) is 48.0 Å². The van der Waals surface area contributed by atoms with Crippen molar-refractivity contribution in [2.75, 3.05) is 12.4 Å². The second kappa shape index (κ2) is 9.86. The van der Waals surface area contributed by atoms with E-state index in [1.54, 1.807) is 24.4 Å². The highest BCUT2D eigenvalue weighted by atomic mass is 32.2. The number of nitrogens with zero attached hydrogens (tertiary/aromatic N) is 4. The van der Waals surface area contributed by atoms with Gasteiger partial charge in [-0.2, -0.15) is 13.5 Å². The number of carboxylic acids is 1. The van der Waals surface area contributed by atoms with Crippen LogP contribution in [-0.4, -0.2) is 45.8 Å². The van der Waals surface area contributed by atoms with Crippen LogP contribution in [0.1, 0.15) is 17.7 Å². The molecule has 0 spiro atoms. The molecule has 188 valence electrons. The smallest absolute Gasteiger partial charge is 0.303 e. The highest BCUT2D eigenvalue weighted by molar-refractivity contribution is 7.90. The zero-order valence-electron chi connectivity index (χ0n) is 19.8. The molecule has 0 aliphatic heterocycles. The summed E-state index contributed by atoms with van der Waals surface area (Å²) < 4.78 is 33.0. The number of hydrogen-bond acceptors (Lipinski definition) is 8. The first-order valence-electron chi connectivity index (χ1n) is 11.4. The Morgan fingerprint density at radius 1 is 1.08 bits per heavy atom. The fourth-order valence-electron chi connectivity index (χ4n) is 3.97. The number of pyridine rings is 2. The van der Waals surface area contributed by atoms with Crippen molar-refractivity contribution in [3.8, 4) is 5.75 Å². The van der Waals surface area contributed by atoms with E-state index in [0.717, 1.165) is 26.2 Å². The number of hydrogen-bond donors (Lipinski definition) is 2. The molecular weight excluding hydrogens is 494 g/mol. The van der Waals surface area contributed by atoms with E-state index in [4.69, 9.17) is 9.84 Å². The van der Waals surface area contributed by atoms with Gasteiger partial charge in [0.1, 0.15) is 5.75 Å². The molecule has 0 saturated carbocycles. The third-order valence-electron chi connectivity index (χ3n) is 5.91. The van der Waals surface area contributed by atoms with E-state index >= 15 is 0 Å². The number of methoxy groups -OCH3 is 1. The van der Waals surface area contributed by atoms with Crippen molar-refractivity contribution in [3.05, 3.63) is 84.3 Å². The molecule has 0 atom stereocenters. The number of fused-ring (bicyclic) bond motifs is 2. The van der Waals surface area contributed by atoms with E-state index < -0.39 is 16.0 Å². The van der Waals surface area contributed by atoms with Crippen LogP contribution < -0.4 is 10.1 Å². The molecule has 0 aliphatic rings. The molecular formula is C26H23N5O5S. The minimum atomic E-state index is -4.08. The fourth-order valence-corrected chi connectivity index (χ4v) is 5.23. The molecule has 0 radical (unpaired) electrons. The lowest BCUT2D eigenvalue weighted by atomic mass is 10.2. The third-order valence-corrected chi connectivity index (χ3v) is 7.48. The Morgan fingerprint density at radius 3 is 2.65 bits per heavy atom. The predicted molar refractivity (Wildman–Crippen MR) is 138 cm³/mol. The number of rotatable bonds is 9. The molecule has 10 nitrogen and oxygen atoms in total. The molecule has 11 heteroatoms. The molecule has 0 amide bonds. The normalized spacial score (nSPS) is 11.6. The Hall–Kier alpha value is -4.51. The maximum atomic E-state index is 13.5. The summed E-state index contributed by atoms with van der Waals surface area (Å²) in [5.74, 6) is -0.591. The van der Waals surface area contributed by atoms with E-state index in [2.05, 4.69) is 20.4 Å². The standard InChI is InChI=1S/C26H23N5O5S/c1-36-20-14-22-24(10-11-25(32)33)30-31(26(22)29-16-20)37(34,35)21-7-4-17(5-8-21)15-28-19-6-9-23-18(13-19)3-2-12-27-23/h2-9,12-14,16,28H,10-11,15H2,1H3,(H,32,33). The predicted octanol–water partition coefficient (Wildman–Crippen LogP) is 3.85. The first-order valence-corrected chi connectivity index (χ1v) is 12.9. The van der Waals surface area contributed by atoms with Crippen LogP contribution in [0.3, 0.4) is 0 Å². The number of aromatic nitrogens is 4. The lowest BCUT2D eigenvalue weighted by Gasteiger charge is -2.09. The maximum absolute atomic E-state index is 13.5. The highest BCUT2D eigenvalue weighted by Crippen LogP contribution is 2.26. The second-order valence-corrected chi connectivity index (χ2v) is 10.1. The molecule has 3 aromatic heterocycles. The topological polar surface area (TPSA) is 136 Å². The third kappa shape index (κ3) is 4.94. The molecule has 0 bridgehead atoms. The van der Waals surface area contributed by atoms with Crippen LogP contribution in [-0.2, 0) is 27.8 Å². The molecule has 0 saturated heterocycles. The van der Waals surface area contributed by atoms with E-state index in [9.17, 15) is 13.2 Å². The molecule has 2 aromatic carbocycles. The van der Waals surface area contributed by atoms with Gasteiger partial charge in [0.2, 0.25) is 0 Å². The monoisotopic (exact) mass is 517 g/mol. The molecule has 2 N–H and O–H groups in total. The summed E-state index contributed by atoms with van der Waals surface area (Å²) in [5.41, 5.74) is 3.15. The fraction of sp³-hybridized carbons (Fsp3) is 0.154. The van der Waals surface area contributed by atoms with Crippen LogP contribution in [0.25, 0.3) is 21.9 Å². The number of aliphatic carboxylic acids is 1. The number of carbonyl (C=O) groups is 1. The van der Waals surface area contributed by atoms with Crippen molar-refractivity contribution in [2.24, 2.45) is 0 Å². The summed E-state index contributed by atoms with van der Waals surface area (Å²) in [6.45, 7) is 0.498. The van der Waals surface area contributed by atoms with Crippen LogP contribution in [0.2, 0.25) is 0 Å². The number of benzene rings is 2. The van der Waals surface area contributed by atoms with Gasteiger partial charge in [0, 0.05) is 35.6 Å². The van der Waals surface area contributed by atoms with E-state index in [1.165, 1.54) is 25.4 Å². The molecule has 0 unspecified atom stereocenters. The molecule has 3 heterocycles. The van der Waals surface area contributed by atoms with Crippen LogP contribution in [0.4, 0.5) is 5.69 Å². The van der Waals surface area contributed by atoms with Crippen molar-refractivity contribution >= 4 is 43.6 Å². The zero-order valence-corrected chi connectivity index (χ0v) is 20.6. The molecule has 5 rings (SSSR count). The average molecular weight is 518 g/mol. The van der Waals surface area contributed by atoms with Crippen LogP contribution >= 0.6 is 0 Å². The minimum Gasteiger partial charge on any atom is -0.495 e. The van der Waals surface area contributed by atoms with Gasteiger partial charge in [-0.3, -0.25) is 9.78 Å². The molecule has 0 fully saturated rings. The summed E-state index contributed by atoms with van der Waals surface area (Å²) in [7, 11) is -2.62. The Labute approximate surface area is 212 Å². The Morgan fingerprint density at radius 2 is 1.89 bits per heavy atom. The summed E-state index contributed by atoms with van der Waals surface area (Å²) in [6.07, 6.45) is 3.01. The lowest BCUT2D eigenvalue weighted by molar-refractivity contribution is -0.136. The molecule has 37 heavy (non-hydrogen) atoms. The van der Waals surface area contributed by atoms with Crippen molar-refractivity contribution < 1.29 is 23.1 Å². The summed E-state index contributed by atoms with van der Waals surface area (Å²) in [5, 5.41) is 18.1. The largest absolute Gasteiger partial charge is 0.495 e. The second-order valence-electron chi connectivity index (χ2n) is 8.34. The first-order chi connectivity index (χ1) is 17.8. The summed E-state index contributed by atoms with van der Waals surface area (Å²) in [6, 6.07) is 17.9. The zero-order chi connectivity index (χ0) is 26.0. The number of aryl methyl sites for hydroxylation is 1. The van der Waals surface area contributed by atoms with Crippen molar-refractivity contribution in [2.45, 2.75) is 24.3 Å². The van der Waals surface area contributed by atoms with Gasteiger partial charge in [0.15, 0.2) is 5.65 Å². The summed E-state index contributed by atoms with van der Waals surface area (Å²) in [4.78, 5) is 19.7. The number of ether oxygens (including phenoxy) is 1. The maximum Gasteiger partial charge on any atom is 0.303 e.